The monoisotopic (exact) mass is 306 g/mol. The van der Waals surface area contributed by atoms with E-state index in [1.165, 1.54) is 6.07 Å². The van der Waals surface area contributed by atoms with E-state index in [9.17, 15) is 4.79 Å². The molecule has 0 aliphatic rings. The number of aromatic nitrogens is 2. The quantitative estimate of drug-likeness (QED) is 0.625. The third-order valence-corrected chi connectivity index (χ3v) is 3.19. The Bertz CT molecular complexity index is 620. The first-order chi connectivity index (χ1) is 9.70. The summed E-state index contributed by atoms with van der Waals surface area (Å²) in [6.07, 6.45) is 1.63. The van der Waals surface area contributed by atoms with Crippen LogP contribution in [0, 0.1) is 0 Å². The topological polar surface area (TPSA) is 52.1 Å². The molecule has 2 aromatic rings. The molecule has 0 saturated heterocycles. The van der Waals surface area contributed by atoms with E-state index in [-0.39, 0.29) is 10.9 Å². The largest absolute Gasteiger partial charge is 0.416 e. The van der Waals surface area contributed by atoms with Crippen LogP contribution in [0.4, 0.5) is 4.79 Å². The Kier molecular flexibility index (Phi) is 5.15. The number of carbonyl (C=O) groups excluding carboxylic acids is 1. The zero-order valence-corrected chi connectivity index (χ0v) is 12.0. The maximum atomic E-state index is 11.7. The van der Waals surface area contributed by atoms with Crippen LogP contribution >= 0.6 is 23.4 Å². The van der Waals surface area contributed by atoms with Crippen LogP contribution in [0.5, 0.6) is 5.75 Å². The molecule has 0 amide bonds. The van der Waals surface area contributed by atoms with Crippen molar-refractivity contribution in [1.82, 2.24) is 10.2 Å². The molecule has 0 saturated carbocycles. The third-order valence-electron chi connectivity index (χ3n) is 2.29. The summed E-state index contributed by atoms with van der Waals surface area (Å²) in [7, 11) is 0. The van der Waals surface area contributed by atoms with Gasteiger partial charge in [-0.25, -0.2) is 4.79 Å². The van der Waals surface area contributed by atoms with E-state index in [1.54, 1.807) is 6.08 Å². The van der Waals surface area contributed by atoms with E-state index in [1.807, 2.05) is 30.3 Å². The van der Waals surface area contributed by atoms with Crippen molar-refractivity contribution < 1.29 is 9.53 Å². The van der Waals surface area contributed by atoms with Crippen LogP contribution in [0.1, 0.15) is 0 Å². The SMILES string of the molecule is C=CCSC(=O)Oc1cc(Cl)nnc1-c1ccccc1. The molecular weight excluding hydrogens is 296 g/mol. The normalized spacial score (nSPS) is 10.1. The molecule has 0 spiro atoms. The van der Waals surface area contributed by atoms with Crippen LogP contribution in [0.15, 0.2) is 49.1 Å². The predicted molar refractivity (Wildman–Crippen MR) is 81.2 cm³/mol. The Balaban J connectivity index is 2.29. The molecule has 0 aliphatic heterocycles. The Hall–Kier alpha value is -1.85. The first-order valence-electron chi connectivity index (χ1n) is 5.75. The van der Waals surface area contributed by atoms with Crippen LogP contribution in [0.2, 0.25) is 5.15 Å². The van der Waals surface area contributed by atoms with E-state index in [0.29, 0.717) is 11.4 Å². The summed E-state index contributed by atoms with van der Waals surface area (Å²) in [6, 6.07) is 10.8. The summed E-state index contributed by atoms with van der Waals surface area (Å²) in [4.78, 5) is 11.7. The highest BCUT2D eigenvalue weighted by Crippen LogP contribution is 2.29. The minimum atomic E-state index is -0.439. The minimum absolute atomic E-state index is 0.168. The Morgan fingerprint density at radius 1 is 1.35 bits per heavy atom. The van der Waals surface area contributed by atoms with E-state index < -0.39 is 5.30 Å². The molecule has 1 heterocycles. The molecule has 102 valence electrons. The Morgan fingerprint density at radius 2 is 2.10 bits per heavy atom. The van der Waals surface area contributed by atoms with E-state index in [2.05, 4.69) is 16.8 Å². The molecule has 0 fully saturated rings. The standard InChI is InChI=1S/C14H11ClN2O2S/c1-2-8-20-14(18)19-11-9-12(15)16-17-13(11)10-6-4-3-5-7-10/h2-7,9H,1,8H2. The average Bonchev–Trinajstić information content (AvgIpc) is 2.46. The third kappa shape index (κ3) is 3.82. The fraction of sp³-hybridized carbons (Fsp3) is 0.0714. The van der Waals surface area contributed by atoms with Gasteiger partial charge in [0.1, 0.15) is 5.69 Å². The summed E-state index contributed by atoms with van der Waals surface area (Å²) in [6.45, 7) is 3.55. The molecule has 4 nitrogen and oxygen atoms in total. The number of hydrogen-bond acceptors (Lipinski definition) is 5. The molecule has 20 heavy (non-hydrogen) atoms. The number of rotatable bonds is 4. The zero-order chi connectivity index (χ0) is 14.4. The van der Waals surface area contributed by atoms with Gasteiger partial charge in [-0.1, -0.05) is 48.0 Å². The fourth-order valence-corrected chi connectivity index (χ4v) is 2.01. The number of benzene rings is 1. The second-order valence-electron chi connectivity index (χ2n) is 3.70. The van der Waals surface area contributed by atoms with Gasteiger partial charge in [0.25, 0.3) is 0 Å². The molecule has 2 rings (SSSR count). The number of nitrogens with zero attached hydrogens (tertiary/aromatic N) is 2. The fourth-order valence-electron chi connectivity index (χ4n) is 1.47. The second-order valence-corrected chi connectivity index (χ2v) is 5.04. The molecule has 0 unspecified atom stereocenters. The van der Waals surface area contributed by atoms with Crippen molar-refractivity contribution in [2.45, 2.75) is 0 Å². The predicted octanol–water partition coefficient (Wildman–Crippen LogP) is 4.22. The van der Waals surface area contributed by atoms with E-state index in [4.69, 9.17) is 16.3 Å². The summed E-state index contributed by atoms with van der Waals surface area (Å²) < 4.78 is 5.27. The van der Waals surface area contributed by atoms with Crippen molar-refractivity contribution in [1.29, 1.82) is 0 Å². The van der Waals surface area contributed by atoms with Gasteiger partial charge in [0.05, 0.1) is 0 Å². The molecule has 0 N–H and O–H groups in total. The molecule has 1 aromatic heterocycles. The van der Waals surface area contributed by atoms with E-state index >= 15 is 0 Å². The van der Waals surface area contributed by atoms with Crippen molar-refractivity contribution in [3.05, 3.63) is 54.2 Å². The van der Waals surface area contributed by atoms with Gasteiger partial charge in [0, 0.05) is 17.4 Å². The number of ether oxygens (including phenoxy) is 1. The Labute approximate surface area is 125 Å². The molecule has 0 atom stereocenters. The van der Waals surface area contributed by atoms with Crippen molar-refractivity contribution in [2.24, 2.45) is 0 Å². The number of halogens is 1. The Morgan fingerprint density at radius 3 is 2.80 bits per heavy atom. The summed E-state index contributed by atoms with van der Waals surface area (Å²) in [5.74, 6) is 0.768. The van der Waals surface area contributed by atoms with Crippen molar-refractivity contribution in [2.75, 3.05) is 5.75 Å². The van der Waals surface area contributed by atoms with Gasteiger partial charge in [0.15, 0.2) is 10.9 Å². The first-order valence-corrected chi connectivity index (χ1v) is 7.11. The van der Waals surface area contributed by atoms with Crippen molar-refractivity contribution >= 4 is 28.7 Å². The number of hydrogen-bond donors (Lipinski definition) is 0. The van der Waals surface area contributed by atoms with Gasteiger partial charge < -0.3 is 4.74 Å². The molecule has 0 aliphatic carbocycles. The summed E-state index contributed by atoms with van der Waals surface area (Å²) in [5.41, 5.74) is 1.27. The lowest BCUT2D eigenvalue weighted by Gasteiger charge is -2.08. The van der Waals surface area contributed by atoms with Crippen LogP contribution in [-0.2, 0) is 0 Å². The highest BCUT2D eigenvalue weighted by molar-refractivity contribution is 8.13. The van der Waals surface area contributed by atoms with Gasteiger partial charge in [-0.05, 0) is 11.8 Å². The summed E-state index contributed by atoms with van der Waals surface area (Å²) >= 11 is 6.81. The highest BCUT2D eigenvalue weighted by Gasteiger charge is 2.14. The van der Waals surface area contributed by atoms with Crippen LogP contribution in [0.25, 0.3) is 11.3 Å². The van der Waals surface area contributed by atoms with Crippen molar-refractivity contribution in [3.63, 3.8) is 0 Å². The maximum Gasteiger partial charge on any atom is 0.373 e. The average molecular weight is 307 g/mol. The number of carbonyl (C=O) groups is 1. The van der Waals surface area contributed by atoms with Gasteiger partial charge in [0.2, 0.25) is 0 Å². The molecule has 6 heteroatoms. The van der Waals surface area contributed by atoms with Gasteiger partial charge in [-0.3, -0.25) is 0 Å². The second kappa shape index (κ2) is 7.07. The first kappa shape index (κ1) is 14.6. The highest BCUT2D eigenvalue weighted by atomic mass is 35.5. The molecule has 0 bridgehead atoms. The van der Waals surface area contributed by atoms with Crippen LogP contribution in [-0.4, -0.2) is 21.3 Å². The van der Waals surface area contributed by atoms with Crippen LogP contribution < -0.4 is 4.74 Å². The lowest BCUT2D eigenvalue weighted by atomic mass is 10.1. The number of thioether (sulfide) groups is 1. The van der Waals surface area contributed by atoms with E-state index in [0.717, 1.165) is 17.3 Å². The molecule has 0 radical (unpaired) electrons. The molecule has 1 aromatic carbocycles. The lowest BCUT2D eigenvalue weighted by molar-refractivity contribution is 0.227. The van der Waals surface area contributed by atoms with Gasteiger partial charge >= 0.3 is 5.30 Å². The van der Waals surface area contributed by atoms with Crippen LogP contribution in [0.3, 0.4) is 0 Å². The van der Waals surface area contributed by atoms with Crippen molar-refractivity contribution in [3.8, 4) is 17.0 Å². The zero-order valence-electron chi connectivity index (χ0n) is 10.5. The molecular formula is C14H11ClN2O2S. The smallest absolute Gasteiger partial charge is 0.373 e. The minimum Gasteiger partial charge on any atom is -0.416 e. The summed E-state index contributed by atoms with van der Waals surface area (Å²) in [5, 5.41) is 7.51. The van der Waals surface area contributed by atoms with Gasteiger partial charge in [-0.2, -0.15) is 0 Å². The maximum absolute atomic E-state index is 11.7. The lowest BCUT2D eigenvalue weighted by Crippen LogP contribution is -2.04. The van der Waals surface area contributed by atoms with Gasteiger partial charge in [-0.15, -0.1) is 16.8 Å².